The second-order valence-corrected chi connectivity index (χ2v) is 6.24. The molecule has 0 aromatic carbocycles. The summed E-state index contributed by atoms with van der Waals surface area (Å²) in [5.41, 5.74) is 0. The lowest BCUT2D eigenvalue weighted by Gasteiger charge is -2.31. The van der Waals surface area contributed by atoms with Crippen molar-refractivity contribution in [2.24, 2.45) is 5.92 Å². The van der Waals surface area contributed by atoms with E-state index in [9.17, 15) is 0 Å². The van der Waals surface area contributed by atoms with Crippen LogP contribution in [0, 0.1) is 5.92 Å². The van der Waals surface area contributed by atoms with Gasteiger partial charge in [-0.1, -0.05) is 11.6 Å². The molecule has 1 aliphatic rings. The molecule has 2 nitrogen and oxygen atoms in total. The Morgan fingerprint density at radius 3 is 2.69 bits per heavy atom. The average Bonchev–Trinajstić information content (AvgIpc) is 2.67. The third-order valence-electron chi connectivity index (χ3n) is 3.25. The van der Waals surface area contributed by atoms with Crippen LogP contribution in [-0.2, 0) is 6.54 Å². The van der Waals surface area contributed by atoms with Gasteiger partial charge in [-0.25, -0.2) is 0 Å². The first-order valence-corrected chi connectivity index (χ1v) is 7.05. The normalized spacial score (nSPS) is 19.1. The molecular formula is C12H18ClNOS. The second-order valence-electron chi connectivity index (χ2n) is 4.44. The van der Waals surface area contributed by atoms with Crippen LogP contribution in [0.25, 0.3) is 0 Å². The van der Waals surface area contributed by atoms with Crippen molar-refractivity contribution in [3.8, 4) is 0 Å². The van der Waals surface area contributed by atoms with Gasteiger partial charge in [0.1, 0.15) is 0 Å². The topological polar surface area (TPSA) is 23.5 Å². The Balaban J connectivity index is 1.77. The summed E-state index contributed by atoms with van der Waals surface area (Å²) >= 11 is 7.59. The molecule has 4 heteroatoms. The molecule has 0 spiro atoms. The number of hydrogen-bond acceptors (Lipinski definition) is 3. The number of halogens is 1. The Hall–Kier alpha value is -0.0900. The zero-order valence-electron chi connectivity index (χ0n) is 9.36. The predicted octanol–water partition coefficient (Wildman–Crippen LogP) is 3.00. The lowest BCUT2D eigenvalue weighted by Crippen LogP contribution is -2.33. The van der Waals surface area contributed by atoms with E-state index in [1.165, 1.54) is 17.7 Å². The Morgan fingerprint density at radius 1 is 1.38 bits per heavy atom. The number of likely N-dealkylation sites (tertiary alicyclic amines) is 1. The summed E-state index contributed by atoms with van der Waals surface area (Å²) in [6.07, 6.45) is 3.41. The van der Waals surface area contributed by atoms with Crippen molar-refractivity contribution in [1.29, 1.82) is 0 Å². The average molecular weight is 260 g/mol. The van der Waals surface area contributed by atoms with Crippen LogP contribution in [0.15, 0.2) is 12.1 Å². The zero-order valence-corrected chi connectivity index (χ0v) is 10.9. The second kappa shape index (κ2) is 6.01. The van der Waals surface area contributed by atoms with Crippen LogP contribution in [0.5, 0.6) is 0 Å². The van der Waals surface area contributed by atoms with E-state index in [4.69, 9.17) is 16.7 Å². The van der Waals surface area contributed by atoms with Gasteiger partial charge in [-0.2, -0.15) is 0 Å². The highest BCUT2D eigenvalue weighted by Gasteiger charge is 2.18. The largest absolute Gasteiger partial charge is 0.396 e. The minimum atomic E-state index is 0.338. The third kappa shape index (κ3) is 3.45. The van der Waals surface area contributed by atoms with E-state index in [0.717, 1.165) is 36.3 Å². The van der Waals surface area contributed by atoms with Gasteiger partial charge in [0.2, 0.25) is 0 Å². The molecular weight excluding hydrogens is 242 g/mol. The highest BCUT2D eigenvalue weighted by atomic mass is 35.5. The molecule has 2 heterocycles. The fourth-order valence-electron chi connectivity index (χ4n) is 2.27. The van der Waals surface area contributed by atoms with Crippen molar-refractivity contribution in [3.05, 3.63) is 21.3 Å². The molecule has 0 unspecified atom stereocenters. The van der Waals surface area contributed by atoms with Crippen molar-refractivity contribution >= 4 is 22.9 Å². The Bertz CT molecular complexity index is 321. The molecule has 0 radical (unpaired) electrons. The van der Waals surface area contributed by atoms with Crippen LogP contribution in [0.4, 0.5) is 0 Å². The Kier molecular flexibility index (Phi) is 4.65. The van der Waals surface area contributed by atoms with Crippen LogP contribution in [0.1, 0.15) is 24.1 Å². The van der Waals surface area contributed by atoms with Crippen LogP contribution in [-0.4, -0.2) is 29.7 Å². The van der Waals surface area contributed by atoms with Crippen LogP contribution < -0.4 is 0 Å². The first-order chi connectivity index (χ1) is 7.78. The molecule has 0 atom stereocenters. The summed E-state index contributed by atoms with van der Waals surface area (Å²) < 4.78 is 0.880. The molecule has 1 fully saturated rings. The van der Waals surface area contributed by atoms with Gasteiger partial charge in [0.05, 0.1) is 4.34 Å². The molecule has 2 rings (SSSR count). The summed E-state index contributed by atoms with van der Waals surface area (Å²) in [6.45, 7) is 3.68. The summed E-state index contributed by atoms with van der Waals surface area (Å²) in [4.78, 5) is 3.83. The molecule has 1 N–H and O–H groups in total. The molecule has 90 valence electrons. The number of hydrogen-bond donors (Lipinski definition) is 1. The molecule has 0 amide bonds. The van der Waals surface area contributed by atoms with Crippen molar-refractivity contribution in [3.63, 3.8) is 0 Å². The SMILES string of the molecule is OCCC1CCN(Cc2ccc(Cl)s2)CC1. The van der Waals surface area contributed by atoms with E-state index >= 15 is 0 Å². The fourth-order valence-corrected chi connectivity index (χ4v) is 3.40. The van der Waals surface area contributed by atoms with Crippen molar-refractivity contribution in [1.82, 2.24) is 4.90 Å². The number of piperidine rings is 1. The van der Waals surface area contributed by atoms with Crippen LogP contribution in [0.2, 0.25) is 4.34 Å². The molecule has 1 aromatic rings. The maximum atomic E-state index is 8.90. The fraction of sp³-hybridized carbons (Fsp3) is 0.667. The maximum Gasteiger partial charge on any atom is 0.0931 e. The highest BCUT2D eigenvalue weighted by molar-refractivity contribution is 7.16. The van der Waals surface area contributed by atoms with Crippen LogP contribution >= 0.6 is 22.9 Å². The van der Waals surface area contributed by atoms with Gasteiger partial charge >= 0.3 is 0 Å². The quantitative estimate of drug-likeness (QED) is 0.899. The van der Waals surface area contributed by atoms with Gasteiger partial charge in [0, 0.05) is 18.0 Å². The predicted molar refractivity (Wildman–Crippen MR) is 69.0 cm³/mol. The van der Waals surface area contributed by atoms with E-state index in [1.807, 2.05) is 6.07 Å². The van der Waals surface area contributed by atoms with Crippen molar-refractivity contribution < 1.29 is 5.11 Å². The van der Waals surface area contributed by atoms with Crippen LogP contribution in [0.3, 0.4) is 0 Å². The van der Waals surface area contributed by atoms with E-state index in [1.54, 1.807) is 11.3 Å². The Labute approximate surface area is 106 Å². The van der Waals surface area contributed by atoms with Gasteiger partial charge < -0.3 is 5.11 Å². The van der Waals surface area contributed by atoms with Crippen molar-refractivity contribution in [2.45, 2.75) is 25.8 Å². The number of nitrogens with zero attached hydrogens (tertiary/aromatic N) is 1. The number of rotatable bonds is 4. The first-order valence-electron chi connectivity index (χ1n) is 5.85. The van der Waals surface area contributed by atoms with Gasteiger partial charge in [-0.15, -0.1) is 11.3 Å². The van der Waals surface area contributed by atoms with E-state index in [-0.39, 0.29) is 0 Å². The molecule has 16 heavy (non-hydrogen) atoms. The van der Waals surface area contributed by atoms with Crippen molar-refractivity contribution in [2.75, 3.05) is 19.7 Å². The number of thiophene rings is 1. The summed E-state index contributed by atoms with van der Waals surface area (Å²) in [6, 6.07) is 4.09. The number of aliphatic hydroxyl groups excluding tert-OH is 1. The van der Waals surface area contributed by atoms with Gasteiger partial charge in [-0.05, 0) is 50.4 Å². The monoisotopic (exact) mass is 259 g/mol. The van der Waals surface area contributed by atoms with E-state index in [0.29, 0.717) is 6.61 Å². The lowest BCUT2D eigenvalue weighted by molar-refractivity contribution is 0.154. The Morgan fingerprint density at radius 2 is 2.12 bits per heavy atom. The first kappa shape index (κ1) is 12.4. The maximum absolute atomic E-state index is 8.90. The third-order valence-corrected chi connectivity index (χ3v) is 4.47. The molecule has 0 aliphatic carbocycles. The molecule has 0 bridgehead atoms. The van der Waals surface area contributed by atoms with Gasteiger partial charge in [0.15, 0.2) is 0 Å². The summed E-state index contributed by atoms with van der Waals surface area (Å²) in [5, 5.41) is 8.90. The smallest absolute Gasteiger partial charge is 0.0931 e. The minimum absolute atomic E-state index is 0.338. The van der Waals surface area contributed by atoms with Gasteiger partial charge in [0.25, 0.3) is 0 Å². The summed E-state index contributed by atoms with van der Waals surface area (Å²) in [7, 11) is 0. The highest BCUT2D eigenvalue weighted by Crippen LogP contribution is 2.25. The zero-order chi connectivity index (χ0) is 11.4. The van der Waals surface area contributed by atoms with E-state index < -0.39 is 0 Å². The number of aliphatic hydroxyl groups is 1. The minimum Gasteiger partial charge on any atom is -0.396 e. The summed E-state index contributed by atoms with van der Waals surface area (Å²) in [5.74, 6) is 0.730. The van der Waals surface area contributed by atoms with Gasteiger partial charge in [-0.3, -0.25) is 4.90 Å². The standard InChI is InChI=1S/C12H18ClNOS/c13-12-2-1-11(16-12)9-14-6-3-10(4-7-14)5-8-15/h1-2,10,15H,3-9H2. The molecule has 0 saturated carbocycles. The molecule has 1 aromatic heterocycles. The molecule has 1 saturated heterocycles. The lowest BCUT2D eigenvalue weighted by atomic mass is 9.94. The van der Waals surface area contributed by atoms with E-state index in [2.05, 4.69) is 11.0 Å². The molecule has 1 aliphatic heterocycles.